The standard InChI is InChI=1S/C13H19NO2S/c1-9-5-6-17-12(9)8-14-7-11(13(15)16)4-3-10(14)2/h5-6,10-11H,3-4,7-8H2,1-2H3,(H,15,16). The number of rotatable bonds is 3. The summed E-state index contributed by atoms with van der Waals surface area (Å²) in [5.41, 5.74) is 1.32. The number of carbonyl (C=O) groups is 1. The zero-order valence-electron chi connectivity index (χ0n) is 10.3. The number of hydrogen-bond donors (Lipinski definition) is 1. The lowest BCUT2D eigenvalue weighted by molar-refractivity contribution is -0.144. The van der Waals surface area contributed by atoms with E-state index in [1.165, 1.54) is 10.4 Å². The van der Waals surface area contributed by atoms with E-state index in [9.17, 15) is 4.79 Å². The summed E-state index contributed by atoms with van der Waals surface area (Å²) in [6.45, 7) is 5.90. The fraction of sp³-hybridized carbons (Fsp3) is 0.615. The number of nitrogens with zero attached hydrogens (tertiary/aromatic N) is 1. The van der Waals surface area contributed by atoms with Crippen molar-refractivity contribution in [2.45, 2.75) is 39.3 Å². The molecule has 0 bridgehead atoms. The van der Waals surface area contributed by atoms with Crippen LogP contribution in [-0.2, 0) is 11.3 Å². The van der Waals surface area contributed by atoms with Gasteiger partial charge in [-0.05, 0) is 43.7 Å². The van der Waals surface area contributed by atoms with Crippen molar-refractivity contribution in [1.29, 1.82) is 0 Å². The first-order chi connectivity index (χ1) is 8.08. The number of carboxylic acid groups (broad SMARTS) is 1. The largest absolute Gasteiger partial charge is 0.481 e. The van der Waals surface area contributed by atoms with Gasteiger partial charge in [-0.2, -0.15) is 0 Å². The number of carboxylic acids is 1. The van der Waals surface area contributed by atoms with Crippen LogP contribution in [0.5, 0.6) is 0 Å². The third-order valence-electron chi connectivity index (χ3n) is 3.68. The van der Waals surface area contributed by atoms with Crippen molar-refractivity contribution in [1.82, 2.24) is 4.90 Å². The van der Waals surface area contributed by atoms with Crippen LogP contribution < -0.4 is 0 Å². The lowest BCUT2D eigenvalue weighted by atomic mass is 9.93. The molecule has 3 nitrogen and oxygen atoms in total. The minimum atomic E-state index is -0.648. The number of hydrogen-bond acceptors (Lipinski definition) is 3. The lowest BCUT2D eigenvalue weighted by Crippen LogP contribution is -2.43. The topological polar surface area (TPSA) is 40.5 Å². The molecule has 1 aromatic rings. The molecule has 0 saturated carbocycles. The van der Waals surface area contributed by atoms with E-state index in [1.54, 1.807) is 11.3 Å². The van der Waals surface area contributed by atoms with E-state index in [0.29, 0.717) is 12.6 Å². The minimum absolute atomic E-state index is 0.188. The molecule has 1 saturated heterocycles. The predicted molar refractivity (Wildman–Crippen MR) is 69.3 cm³/mol. The SMILES string of the molecule is Cc1ccsc1CN1CC(C(=O)O)CCC1C. The maximum absolute atomic E-state index is 11.1. The molecule has 0 radical (unpaired) electrons. The van der Waals surface area contributed by atoms with Gasteiger partial charge in [-0.1, -0.05) is 0 Å². The first-order valence-electron chi connectivity index (χ1n) is 6.07. The molecule has 4 heteroatoms. The smallest absolute Gasteiger partial charge is 0.307 e. The molecule has 2 heterocycles. The van der Waals surface area contributed by atoms with Crippen LogP contribution in [0.1, 0.15) is 30.2 Å². The Morgan fingerprint density at radius 1 is 1.59 bits per heavy atom. The Balaban J connectivity index is 2.03. The van der Waals surface area contributed by atoms with Gasteiger partial charge >= 0.3 is 5.97 Å². The number of thiophene rings is 1. The summed E-state index contributed by atoms with van der Waals surface area (Å²) in [6.07, 6.45) is 1.80. The third kappa shape index (κ3) is 2.87. The Hall–Kier alpha value is -0.870. The lowest BCUT2D eigenvalue weighted by Gasteiger charge is -2.36. The Morgan fingerprint density at radius 2 is 2.35 bits per heavy atom. The van der Waals surface area contributed by atoms with Gasteiger partial charge in [0.25, 0.3) is 0 Å². The quantitative estimate of drug-likeness (QED) is 0.900. The summed E-state index contributed by atoms with van der Waals surface area (Å²) < 4.78 is 0. The van der Waals surface area contributed by atoms with Crippen molar-refractivity contribution in [3.05, 3.63) is 21.9 Å². The molecule has 1 fully saturated rings. The van der Waals surface area contributed by atoms with Crippen LogP contribution in [0.25, 0.3) is 0 Å². The van der Waals surface area contributed by atoms with E-state index in [4.69, 9.17) is 5.11 Å². The average molecular weight is 253 g/mol. The summed E-state index contributed by atoms with van der Waals surface area (Å²) in [7, 11) is 0. The molecule has 1 aromatic heterocycles. The highest BCUT2D eigenvalue weighted by molar-refractivity contribution is 7.10. The second-order valence-electron chi connectivity index (χ2n) is 4.92. The molecule has 94 valence electrons. The van der Waals surface area contributed by atoms with Crippen molar-refractivity contribution >= 4 is 17.3 Å². The number of aliphatic carboxylic acids is 1. The molecule has 1 N–H and O–H groups in total. The van der Waals surface area contributed by atoms with Crippen LogP contribution in [0.3, 0.4) is 0 Å². The molecule has 1 aliphatic rings. The van der Waals surface area contributed by atoms with Crippen molar-refractivity contribution in [2.75, 3.05) is 6.54 Å². The van der Waals surface area contributed by atoms with Gasteiger partial charge in [0, 0.05) is 24.0 Å². The predicted octanol–water partition coefficient (Wildman–Crippen LogP) is 2.74. The summed E-state index contributed by atoms with van der Waals surface area (Å²) in [5.74, 6) is -0.837. The van der Waals surface area contributed by atoms with Crippen LogP contribution in [0.2, 0.25) is 0 Å². The fourth-order valence-corrected chi connectivity index (χ4v) is 3.28. The molecule has 0 aliphatic carbocycles. The van der Waals surface area contributed by atoms with E-state index >= 15 is 0 Å². The molecule has 2 unspecified atom stereocenters. The van der Waals surface area contributed by atoms with Crippen LogP contribution >= 0.6 is 11.3 Å². The van der Waals surface area contributed by atoms with Gasteiger partial charge in [-0.25, -0.2) is 0 Å². The Labute approximate surface area is 106 Å². The van der Waals surface area contributed by atoms with Crippen molar-refractivity contribution in [3.63, 3.8) is 0 Å². The average Bonchev–Trinajstić information content (AvgIpc) is 2.67. The first-order valence-corrected chi connectivity index (χ1v) is 6.95. The second kappa shape index (κ2) is 5.19. The monoisotopic (exact) mass is 253 g/mol. The highest BCUT2D eigenvalue weighted by Gasteiger charge is 2.29. The maximum Gasteiger partial charge on any atom is 0.307 e. The Morgan fingerprint density at radius 3 is 2.94 bits per heavy atom. The van der Waals surface area contributed by atoms with Crippen molar-refractivity contribution in [2.24, 2.45) is 5.92 Å². The zero-order valence-corrected chi connectivity index (χ0v) is 11.2. The van der Waals surface area contributed by atoms with Crippen LogP contribution in [-0.4, -0.2) is 28.6 Å². The van der Waals surface area contributed by atoms with Crippen LogP contribution in [0.15, 0.2) is 11.4 Å². The van der Waals surface area contributed by atoms with Gasteiger partial charge < -0.3 is 5.11 Å². The summed E-state index contributed by atoms with van der Waals surface area (Å²) in [6, 6.07) is 2.62. The van der Waals surface area contributed by atoms with Gasteiger partial charge in [0.1, 0.15) is 0 Å². The molecule has 0 spiro atoms. The van der Waals surface area contributed by atoms with Crippen LogP contribution in [0, 0.1) is 12.8 Å². The van der Waals surface area contributed by atoms with E-state index in [-0.39, 0.29) is 5.92 Å². The highest BCUT2D eigenvalue weighted by atomic mass is 32.1. The van der Waals surface area contributed by atoms with E-state index < -0.39 is 5.97 Å². The molecule has 17 heavy (non-hydrogen) atoms. The molecular formula is C13H19NO2S. The van der Waals surface area contributed by atoms with Gasteiger partial charge in [-0.15, -0.1) is 11.3 Å². The second-order valence-corrected chi connectivity index (χ2v) is 5.92. The number of piperidine rings is 1. The van der Waals surface area contributed by atoms with E-state index in [0.717, 1.165) is 19.4 Å². The van der Waals surface area contributed by atoms with Crippen molar-refractivity contribution in [3.8, 4) is 0 Å². The zero-order chi connectivity index (χ0) is 12.4. The summed E-state index contributed by atoms with van der Waals surface area (Å²) in [5, 5.41) is 11.2. The number of likely N-dealkylation sites (tertiary alicyclic amines) is 1. The molecule has 0 aromatic carbocycles. The Kier molecular flexibility index (Phi) is 3.84. The molecule has 2 rings (SSSR count). The van der Waals surface area contributed by atoms with E-state index in [2.05, 4.69) is 30.2 Å². The van der Waals surface area contributed by atoms with E-state index in [1.807, 2.05) is 0 Å². The maximum atomic E-state index is 11.1. The molecular weight excluding hydrogens is 234 g/mol. The van der Waals surface area contributed by atoms with Crippen molar-refractivity contribution < 1.29 is 9.90 Å². The normalized spacial score (nSPS) is 26.0. The highest BCUT2D eigenvalue weighted by Crippen LogP contribution is 2.26. The van der Waals surface area contributed by atoms with Gasteiger partial charge in [0.2, 0.25) is 0 Å². The van der Waals surface area contributed by atoms with Crippen LogP contribution in [0.4, 0.5) is 0 Å². The fourth-order valence-electron chi connectivity index (χ4n) is 2.35. The van der Waals surface area contributed by atoms with Gasteiger partial charge in [0.05, 0.1) is 5.92 Å². The third-order valence-corrected chi connectivity index (χ3v) is 4.68. The summed E-state index contributed by atoms with van der Waals surface area (Å²) >= 11 is 1.77. The van der Waals surface area contributed by atoms with Gasteiger partial charge in [0.15, 0.2) is 0 Å². The summed E-state index contributed by atoms with van der Waals surface area (Å²) in [4.78, 5) is 14.7. The Bertz CT molecular complexity index is 402. The van der Waals surface area contributed by atoms with Gasteiger partial charge in [-0.3, -0.25) is 9.69 Å². The molecule has 2 atom stereocenters. The minimum Gasteiger partial charge on any atom is -0.481 e. The number of aryl methyl sites for hydroxylation is 1. The molecule has 0 amide bonds. The first kappa shape index (κ1) is 12.6. The molecule has 1 aliphatic heterocycles.